The van der Waals surface area contributed by atoms with E-state index in [0.29, 0.717) is 41.2 Å². The first-order valence-electron chi connectivity index (χ1n) is 19.7. The Morgan fingerprint density at radius 3 is 1.73 bits per heavy atom. The van der Waals surface area contributed by atoms with E-state index in [-0.39, 0.29) is 27.7 Å². The van der Waals surface area contributed by atoms with Crippen LogP contribution in [0.1, 0.15) is 110 Å². The number of rotatable bonds is 10. The van der Waals surface area contributed by atoms with Gasteiger partial charge in [0.25, 0.3) is 23.6 Å². The molecule has 0 radical (unpaired) electrons. The molecule has 8 heteroatoms. The molecule has 0 bridgehead atoms. The van der Waals surface area contributed by atoms with E-state index >= 15 is 0 Å². The lowest BCUT2D eigenvalue weighted by Gasteiger charge is -2.40. The molecule has 0 N–H and O–H groups in total. The number of carbonyl (C=O) groups is 4. The summed E-state index contributed by atoms with van der Waals surface area (Å²) in [5.41, 5.74) is 4.42. The molecule has 2 aliphatic rings. The van der Waals surface area contributed by atoms with Gasteiger partial charge in [0, 0.05) is 16.5 Å². The Bertz CT molecular complexity index is 2700. The minimum absolute atomic E-state index is 0.249. The average Bonchev–Trinajstić information content (AvgIpc) is 3.67. The normalized spacial score (nSPS) is 13.6. The largest absolute Gasteiger partial charge is 0.497 e. The first-order valence-corrected chi connectivity index (χ1v) is 19.7. The Morgan fingerprint density at radius 2 is 1.07 bits per heavy atom. The Hall–Kier alpha value is -7.24. The zero-order chi connectivity index (χ0) is 41.5. The molecule has 292 valence electrons. The van der Waals surface area contributed by atoms with E-state index in [1.807, 2.05) is 86.6 Å². The van der Waals surface area contributed by atoms with Gasteiger partial charge in [-0.05, 0) is 114 Å². The lowest BCUT2D eigenvalue weighted by molar-refractivity contribution is 0.0386. The highest BCUT2D eigenvalue weighted by Gasteiger charge is 2.49. The second kappa shape index (κ2) is 15.3. The Balaban J connectivity index is 1.03. The third-order valence-electron chi connectivity index (χ3n) is 11.7. The van der Waals surface area contributed by atoms with Crippen molar-refractivity contribution in [2.45, 2.75) is 51.5 Å². The molecule has 0 spiro atoms. The van der Waals surface area contributed by atoms with E-state index in [2.05, 4.69) is 37.8 Å². The molecule has 4 amide bonds. The van der Waals surface area contributed by atoms with Crippen LogP contribution in [0.15, 0.2) is 140 Å². The third-order valence-corrected chi connectivity index (χ3v) is 11.7. The van der Waals surface area contributed by atoms with Crippen molar-refractivity contribution in [3.8, 4) is 29.1 Å². The van der Waals surface area contributed by atoms with Crippen molar-refractivity contribution < 1.29 is 28.7 Å². The molecule has 6 aromatic rings. The van der Waals surface area contributed by atoms with Crippen molar-refractivity contribution in [2.75, 3.05) is 12.0 Å². The highest BCUT2D eigenvalue weighted by Crippen LogP contribution is 2.44. The van der Waals surface area contributed by atoms with Crippen LogP contribution < -0.4 is 14.4 Å². The number of amides is 4. The highest BCUT2D eigenvalue weighted by atomic mass is 16.5. The van der Waals surface area contributed by atoms with Crippen molar-refractivity contribution >= 4 is 29.3 Å². The summed E-state index contributed by atoms with van der Waals surface area (Å²) in [7, 11) is 1.65. The lowest BCUT2D eigenvalue weighted by atomic mass is 9.78. The second-order valence-corrected chi connectivity index (χ2v) is 15.2. The number of methoxy groups -OCH3 is 1. The fourth-order valence-electron chi connectivity index (χ4n) is 8.18. The van der Waals surface area contributed by atoms with Crippen LogP contribution in [0.25, 0.3) is 0 Å². The second-order valence-electron chi connectivity index (χ2n) is 15.2. The van der Waals surface area contributed by atoms with Gasteiger partial charge in [0.05, 0.1) is 40.6 Å². The van der Waals surface area contributed by atoms with Crippen molar-refractivity contribution in [2.24, 2.45) is 0 Å². The maximum Gasteiger partial charge on any atom is 0.266 e. The molecule has 0 saturated carbocycles. The van der Waals surface area contributed by atoms with Crippen LogP contribution in [0, 0.1) is 11.8 Å². The molecule has 0 atom stereocenters. The van der Waals surface area contributed by atoms with Crippen molar-refractivity contribution in [3.63, 3.8) is 0 Å². The SMILES string of the molecule is CCC(CC)(c1cccc(N2C(=O)c3ccc(C#Cc4ccccc4)cc3C2=O)c1)N1C(=O)c2ccc(Oc3ccc(C(C)(C)c4ccc(OC)cc4)cc3)cc2C1=O. The molecule has 0 unspecified atom stereocenters. The van der Waals surface area contributed by atoms with Gasteiger partial charge in [-0.25, -0.2) is 4.90 Å². The molecule has 8 rings (SSSR count). The van der Waals surface area contributed by atoms with E-state index in [1.165, 1.54) is 4.90 Å². The van der Waals surface area contributed by atoms with Gasteiger partial charge in [0.2, 0.25) is 0 Å². The maximum absolute atomic E-state index is 14.4. The van der Waals surface area contributed by atoms with Gasteiger partial charge < -0.3 is 9.47 Å². The summed E-state index contributed by atoms with van der Waals surface area (Å²) in [6.07, 6.45) is 0.791. The quantitative estimate of drug-likeness (QED) is 0.102. The van der Waals surface area contributed by atoms with Gasteiger partial charge in [-0.15, -0.1) is 0 Å². The summed E-state index contributed by atoms with van der Waals surface area (Å²) in [5.74, 6) is 6.23. The van der Waals surface area contributed by atoms with E-state index in [0.717, 1.165) is 27.3 Å². The molecular formula is C51H42N2O6. The third kappa shape index (κ3) is 6.75. The lowest BCUT2D eigenvalue weighted by Crippen LogP contribution is -2.49. The van der Waals surface area contributed by atoms with Crippen LogP contribution in [-0.2, 0) is 11.0 Å². The minimum Gasteiger partial charge on any atom is -0.497 e. The monoisotopic (exact) mass is 778 g/mol. The number of hydrogen-bond acceptors (Lipinski definition) is 6. The van der Waals surface area contributed by atoms with Crippen molar-refractivity contribution in [1.82, 2.24) is 4.90 Å². The predicted molar refractivity (Wildman–Crippen MR) is 227 cm³/mol. The summed E-state index contributed by atoms with van der Waals surface area (Å²) in [6, 6.07) is 42.4. The van der Waals surface area contributed by atoms with Gasteiger partial charge >= 0.3 is 0 Å². The van der Waals surface area contributed by atoms with Gasteiger partial charge in [-0.1, -0.05) is 94.1 Å². The van der Waals surface area contributed by atoms with Gasteiger partial charge in [-0.3, -0.25) is 24.1 Å². The number of carbonyl (C=O) groups excluding carboxylic acids is 4. The molecule has 0 aliphatic carbocycles. The van der Waals surface area contributed by atoms with Crippen LogP contribution in [-0.4, -0.2) is 35.6 Å². The first-order chi connectivity index (χ1) is 28.5. The predicted octanol–water partition coefficient (Wildman–Crippen LogP) is 10.3. The zero-order valence-corrected chi connectivity index (χ0v) is 33.5. The number of imide groups is 2. The molecule has 6 aromatic carbocycles. The number of hydrogen-bond donors (Lipinski definition) is 0. The molecule has 2 aliphatic heterocycles. The molecule has 59 heavy (non-hydrogen) atoms. The fraction of sp³-hybridized carbons (Fsp3) is 0.176. The van der Waals surface area contributed by atoms with Crippen LogP contribution in [0.2, 0.25) is 0 Å². The van der Waals surface area contributed by atoms with Crippen LogP contribution in [0.3, 0.4) is 0 Å². The number of benzene rings is 6. The summed E-state index contributed by atoms with van der Waals surface area (Å²) in [4.78, 5) is 58.6. The Morgan fingerprint density at radius 1 is 0.508 bits per heavy atom. The zero-order valence-electron chi connectivity index (χ0n) is 33.5. The summed E-state index contributed by atoms with van der Waals surface area (Å²) in [6.45, 7) is 8.17. The molecule has 0 aromatic heterocycles. The first kappa shape index (κ1) is 38.6. The van der Waals surface area contributed by atoms with Crippen molar-refractivity contribution in [1.29, 1.82) is 0 Å². The van der Waals surface area contributed by atoms with E-state index in [4.69, 9.17) is 9.47 Å². The number of anilines is 1. The van der Waals surface area contributed by atoms with Gasteiger partial charge in [0.1, 0.15) is 17.2 Å². The van der Waals surface area contributed by atoms with E-state index < -0.39 is 29.2 Å². The minimum atomic E-state index is -1.07. The molecule has 0 saturated heterocycles. The smallest absolute Gasteiger partial charge is 0.266 e. The topological polar surface area (TPSA) is 93.2 Å². The molecule has 0 fully saturated rings. The highest BCUT2D eigenvalue weighted by molar-refractivity contribution is 6.34. The average molecular weight is 779 g/mol. The Kier molecular flexibility index (Phi) is 9.99. The maximum atomic E-state index is 14.4. The molecule has 8 nitrogen and oxygen atoms in total. The van der Waals surface area contributed by atoms with Gasteiger partial charge in [0.15, 0.2) is 0 Å². The Labute approximate surface area is 344 Å². The number of ether oxygens (including phenoxy) is 2. The standard InChI is InChI=1S/C51H42N2O6/c1-6-51(7-2,37-14-11-15-38(31-37)52-46(54)42-28-18-34(30-44(42)47(52)55)17-16-33-12-9-8-10-13-33)53-48(56)43-29-27-41(32-45(43)49(53)57)59-40-25-21-36(22-26-40)50(3,4)35-19-23-39(58-5)24-20-35/h8-15,18-32H,6-7H2,1-5H3. The molecule has 2 heterocycles. The summed E-state index contributed by atoms with van der Waals surface area (Å²) in [5, 5.41) is 0. The van der Waals surface area contributed by atoms with E-state index in [1.54, 1.807) is 61.7 Å². The van der Waals surface area contributed by atoms with Crippen LogP contribution in [0.4, 0.5) is 5.69 Å². The molecular weight excluding hydrogens is 737 g/mol. The summed E-state index contributed by atoms with van der Waals surface area (Å²) >= 11 is 0. The van der Waals surface area contributed by atoms with E-state index in [9.17, 15) is 19.2 Å². The van der Waals surface area contributed by atoms with Crippen molar-refractivity contribution in [3.05, 3.63) is 190 Å². The fourth-order valence-corrected chi connectivity index (χ4v) is 8.18. The van der Waals surface area contributed by atoms with Crippen LogP contribution >= 0.6 is 0 Å². The van der Waals surface area contributed by atoms with Crippen LogP contribution in [0.5, 0.6) is 17.2 Å². The number of fused-ring (bicyclic) bond motifs is 2. The summed E-state index contributed by atoms with van der Waals surface area (Å²) < 4.78 is 11.6. The van der Waals surface area contributed by atoms with Gasteiger partial charge in [-0.2, -0.15) is 0 Å². The number of nitrogens with zero attached hydrogens (tertiary/aromatic N) is 2.